The van der Waals surface area contributed by atoms with Crippen molar-refractivity contribution in [2.75, 3.05) is 0 Å². The fourth-order valence-corrected chi connectivity index (χ4v) is 4.76. The van der Waals surface area contributed by atoms with E-state index >= 15 is 0 Å². The van der Waals surface area contributed by atoms with Crippen LogP contribution in [0.3, 0.4) is 0 Å². The second kappa shape index (κ2) is 7.66. The summed E-state index contributed by atoms with van der Waals surface area (Å²) in [4.78, 5) is 30.2. The molecule has 0 amide bonds. The van der Waals surface area contributed by atoms with Crippen LogP contribution < -0.4 is 5.56 Å². The molecule has 0 saturated heterocycles. The van der Waals surface area contributed by atoms with Crippen molar-refractivity contribution in [2.45, 2.75) is 36.1 Å². The first kappa shape index (κ1) is 18.5. The van der Waals surface area contributed by atoms with Crippen molar-refractivity contribution in [1.82, 2.24) is 9.55 Å². The zero-order valence-electron chi connectivity index (χ0n) is 14.3. The van der Waals surface area contributed by atoms with Gasteiger partial charge in [0.1, 0.15) is 5.78 Å². The van der Waals surface area contributed by atoms with E-state index < -0.39 is 0 Å². The summed E-state index contributed by atoms with van der Waals surface area (Å²) in [7, 11) is 0. The molecule has 2 aromatic carbocycles. The van der Waals surface area contributed by atoms with E-state index in [1.165, 1.54) is 11.8 Å². The van der Waals surface area contributed by atoms with Gasteiger partial charge >= 0.3 is 0 Å². The lowest BCUT2D eigenvalue weighted by Crippen LogP contribution is -2.26. The van der Waals surface area contributed by atoms with E-state index in [4.69, 9.17) is 23.2 Å². The smallest absolute Gasteiger partial charge is 0.266 e. The minimum Gasteiger partial charge on any atom is -0.298 e. The summed E-state index contributed by atoms with van der Waals surface area (Å²) in [6.07, 6.45) is 3.32. The Morgan fingerprint density at radius 2 is 1.74 bits per heavy atom. The Kier molecular flexibility index (Phi) is 5.26. The van der Waals surface area contributed by atoms with Crippen LogP contribution in [0.4, 0.5) is 0 Å². The van der Waals surface area contributed by atoms with Crippen LogP contribution in [-0.4, -0.2) is 20.6 Å². The number of rotatable bonds is 3. The van der Waals surface area contributed by atoms with Gasteiger partial charge in [0, 0.05) is 16.5 Å². The molecule has 138 valence electrons. The van der Waals surface area contributed by atoms with Gasteiger partial charge in [0.2, 0.25) is 0 Å². The predicted octanol–water partition coefficient (Wildman–Crippen LogP) is 5.30. The number of nitrogens with zero attached hydrogens (tertiary/aromatic N) is 2. The highest BCUT2D eigenvalue weighted by molar-refractivity contribution is 8.00. The first-order chi connectivity index (χ1) is 13.0. The summed E-state index contributed by atoms with van der Waals surface area (Å²) < 4.78 is 1.55. The van der Waals surface area contributed by atoms with Gasteiger partial charge in [-0.1, -0.05) is 41.4 Å². The minimum atomic E-state index is -0.190. The van der Waals surface area contributed by atoms with Crippen LogP contribution in [-0.2, 0) is 4.79 Å². The molecule has 1 aliphatic carbocycles. The van der Waals surface area contributed by atoms with Crippen LogP contribution in [0, 0.1) is 0 Å². The number of benzene rings is 2. The second-order valence-corrected chi connectivity index (χ2v) is 8.53. The van der Waals surface area contributed by atoms with Gasteiger partial charge in [-0.25, -0.2) is 4.98 Å². The lowest BCUT2D eigenvalue weighted by atomic mass is 9.99. The van der Waals surface area contributed by atoms with Gasteiger partial charge in [0.15, 0.2) is 5.16 Å². The average Bonchev–Trinajstić information content (AvgIpc) is 2.65. The lowest BCUT2D eigenvalue weighted by molar-refractivity contribution is -0.119. The third kappa shape index (κ3) is 3.77. The zero-order chi connectivity index (χ0) is 19.0. The molecule has 0 spiro atoms. The van der Waals surface area contributed by atoms with E-state index in [1.807, 2.05) is 0 Å². The molecular formula is C20H16Cl2N2O2S. The van der Waals surface area contributed by atoms with Gasteiger partial charge in [-0.3, -0.25) is 14.2 Å². The number of fused-ring (bicyclic) bond motifs is 1. The Morgan fingerprint density at radius 3 is 2.48 bits per heavy atom. The highest BCUT2D eigenvalue weighted by Crippen LogP contribution is 2.32. The molecule has 1 saturated carbocycles. The second-order valence-electron chi connectivity index (χ2n) is 6.49. The zero-order valence-corrected chi connectivity index (χ0v) is 16.7. The van der Waals surface area contributed by atoms with Crippen molar-refractivity contribution < 1.29 is 4.79 Å². The summed E-state index contributed by atoms with van der Waals surface area (Å²) in [5, 5.41) is 1.90. The Labute approximate surface area is 170 Å². The van der Waals surface area contributed by atoms with Crippen molar-refractivity contribution in [2.24, 2.45) is 0 Å². The average molecular weight is 419 g/mol. The lowest BCUT2D eigenvalue weighted by Gasteiger charge is -2.21. The molecule has 1 aliphatic rings. The summed E-state index contributed by atoms with van der Waals surface area (Å²) in [6, 6.07) is 12.1. The molecule has 1 aromatic heterocycles. The molecule has 0 aliphatic heterocycles. The van der Waals surface area contributed by atoms with Crippen LogP contribution in [0.15, 0.2) is 52.4 Å². The molecule has 0 bridgehead atoms. The summed E-state index contributed by atoms with van der Waals surface area (Å²) in [6.45, 7) is 0. The number of hydrogen-bond acceptors (Lipinski definition) is 4. The molecule has 1 heterocycles. The van der Waals surface area contributed by atoms with Crippen molar-refractivity contribution >= 4 is 51.6 Å². The normalized spacial score (nSPS) is 17.4. The summed E-state index contributed by atoms with van der Waals surface area (Å²) >= 11 is 13.4. The summed E-state index contributed by atoms with van der Waals surface area (Å²) in [5.74, 6) is 0.217. The van der Waals surface area contributed by atoms with Crippen LogP contribution >= 0.6 is 35.0 Å². The number of thioether (sulfide) groups is 1. The predicted molar refractivity (Wildman–Crippen MR) is 110 cm³/mol. The summed E-state index contributed by atoms with van der Waals surface area (Å²) in [5.41, 5.74) is 1.01. The fraction of sp³-hybridized carbons (Fsp3) is 0.250. The number of Topliss-reactive ketones (excluding diaryl/α,β-unsaturated/α-hetero) is 1. The number of ketones is 1. The van der Waals surface area contributed by atoms with E-state index in [9.17, 15) is 9.59 Å². The Morgan fingerprint density at radius 1 is 1.00 bits per heavy atom. The highest BCUT2D eigenvalue weighted by atomic mass is 35.5. The standard InChI is InChI=1S/C20H16Cl2N2O2S/c21-12-5-8-14(9-6-12)24-19(26)15-10-7-13(22)11-16(15)23-20(24)27-18-4-2-1-3-17(18)25/h5-11,18H,1-4H2. The van der Waals surface area contributed by atoms with Gasteiger partial charge in [0.05, 0.1) is 21.8 Å². The van der Waals surface area contributed by atoms with Crippen molar-refractivity contribution in [3.05, 3.63) is 62.9 Å². The van der Waals surface area contributed by atoms with E-state index in [0.29, 0.717) is 38.2 Å². The van der Waals surface area contributed by atoms with E-state index in [-0.39, 0.29) is 16.6 Å². The molecule has 7 heteroatoms. The molecule has 4 rings (SSSR count). The molecule has 3 aromatic rings. The van der Waals surface area contributed by atoms with Crippen molar-refractivity contribution in [3.63, 3.8) is 0 Å². The number of carbonyl (C=O) groups excluding carboxylic acids is 1. The van der Waals surface area contributed by atoms with Crippen LogP contribution in [0.1, 0.15) is 25.7 Å². The van der Waals surface area contributed by atoms with E-state index in [0.717, 1.165) is 19.3 Å². The maximum Gasteiger partial charge on any atom is 0.266 e. The van der Waals surface area contributed by atoms with Gasteiger partial charge in [-0.05, 0) is 55.3 Å². The van der Waals surface area contributed by atoms with Gasteiger partial charge in [-0.15, -0.1) is 0 Å². The highest BCUT2D eigenvalue weighted by Gasteiger charge is 2.26. The Balaban J connectivity index is 1.90. The molecular weight excluding hydrogens is 403 g/mol. The molecule has 0 radical (unpaired) electrons. The van der Waals surface area contributed by atoms with Crippen LogP contribution in [0.25, 0.3) is 16.6 Å². The molecule has 1 fully saturated rings. The van der Waals surface area contributed by atoms with Gasteiger partial charge < -0.3 is 0 Å². The number of halogens is 2. The fourth-order valence-electron chi connectivity index (χ4n) is 3.24. The Bertz CT molecular complexity index is 1080. The molecule has 1 atom stereocenters. The van der Waals surface area contributed by atoms with E-state index in [2.05, 4.69) is 4.98 Å². The third-order valence-electron chi connectivity index (χ3n) is 4.63. The maximum atomic E-state index is 13.2. The monoisotopic (exact) mass is 418 g/mol. The van der Waals surface area contributed by atoms with Crippen LogP contribution in [0.5, 0.6) is 0 Å². The Hall–Kier alpha value is -1.82. The van der Waals surface area contributed by atoms with Crippen molar-refractivity contribution in [1.29, 1.82) is 0 Å². The SMILES string of the molecule is O=C1CCCCC1Sc1nc2cc(Cl)ccc2c(=O)n1-c1ccc(Cl)cc1. The first-order valence-corrected chi connectivity index (χ1v) is 10.3. The largest absolute Gasteiger partial charge is 0.298 e. The minimum absolute atomic E-state index is 0.180. The number of hydrogen-bond donors (Lipinski definition) is 0. The molecule has 0 N–H and O–H groups in total. The molecule has 1 unspecified atom stereocenters. The van der Waals surface area contributed by atoms with Gasteiger partial charge in [-0.2, -0.15) is 0 Å². The van der Waals surface area contributed by atoms with E-state index in [1.54, 1.807) is 47.0 Å². The van der Waals surface area contributed by atoms with Crippen LogP contribution in [0.2, 0.25) is 10.0 Å². The topological polar surface area (TPSA) is 52.0 Å². The van der Waals surface area contributed by atoms with Gasteiger partial charge in [0.25, 0.3) is 5.56 Å². The first-order valence-electron chi connectivity index (χ1n) is 8.70. The maximum absolute atomic E-state index is 13.2. The van der Waals surface area contributed by atoms with Crippen molar-refractivity contribution in [3.8, 4) is 5.69 Å². The molecule has 4 nitrogen and oxygen atoms in total. The third-order valence-corrected chi connectivity index (χ3v) is 6.39. The number of aromatic nitrogens is 2. The molecule has 27 heavy (non-hydrogen) atoms. The quantitative estimate of drug-likeness (QED) is 0.541. The number of carbonyl (C=O) groups is 1.